The molecule has 0 radical (unpaired) electrons. The number of benzene rings is 3. The summed E-state index contributed by atoms with van der Waals surface area (Å²) in [6.45, 7) is 4.73. The molecule has 0 amide bonds. The lowest BCUT2D eigenvalue weighted by atomic mass is 9.99. The normalized spacial score (nSPS) is 17.4. The van der Waals surface area contributed by atoms with Crippen LogP contribution in [0.4, 0.5) is 10.1 Å². The Balaban J connectivity index is 1.11. The average molecular weight is 511 g/mol. The molecule has 0 unspecified atom stereocenters. The minimum atomic E-state index is -0.292. The Morgan fingerprint density at radius 1 is 0.816 bits per heavy atom. The van der Waals surface area contributed by atoms with Crippen molar-refractivity contribution < 1.29 is 9.13 Å². The third-order valence-corrected chi connectivity index (χ3v) is 8.01. The van der Waals surface area contributed by atoms with Crippen molar-refractivity contribution in [3.05, 3.63) is 66.5 Å². The quantitative estimate of drug-likeness (QED) is 0.283. The summed E-state index contributed by atoms with van der Waals surface area (Å²) in [5.41, 5.74) is 4.80. The van der Waals surface area contributed by atoms with Gasteiger partial charge in [-0.1, -0.05) is 6.42 Å². The Morgan fingerprint density at radius 3 is 2.42 bits per heavy atom. The van der Waals surface area contributed by atoms with Crippen LogP contribution in [0, 0.1) is 5.82 Å². The van der Waals surface area contributed by atoms with Gasteiger partial charge in [0.2, 0.25) is 0 Å². The number of imidazole rings is 1. The van der Waals surface area contributed by atoms with Crippen LogP contribution in [0.2, 0.25) is 0 Å². The molecule has 8 heteroatoms. The van der Waals surface area contributed by atoms with Gasteiger partial charge in [0.05, 0.1) is 16.6 Å². The van der Waals surface area contributed by atoms with E-state index in [4.69, 9.17) is 9.72 Å². The first-order valence-electron chi connectivity index (χ1n) is 13.6. The molecule has 7 nitrogen and oxygen atoms in total. The Morgan fingerprint density at radius 2 is 1.61 bits per heavy atom. The van der Waals surface area contributed by atoms with Crippen molar-refractivity contribution in [2.24, 2.45) is 0 Å². The highest BCUT2D eigenvalue weighted by atomic mass is 19.1. The number of fused-ring (bicyclic) bond motifs is 2. The van der Waals surface area contributed by atoms with Gasteiger partial charge in [-0.2, -0.15) is 5.10 Å². The zero-order chi connectivity index (χ0) is 25.5. The highest BCUT2D eigenvalue weighted by Crippen LogP contribution is 2.32. The molecule has 5 aromatic rings. The summed E-state index contributed by atoms with van der Waals surface area (Å²) in [4.78, 5) is 13.6. The molecule has 2 aliphatic heterocycles. The number of nitrogens with one attached hydrogen (secondary N) is 2. The number of aromatic nitrogens is 4. The SMILES string of the molecule is Fc1ccc(Oc2ccc3[nH]nc(-c4nc5ccc(N6CCC(N7CCCCC7)CC6)cc5[nH]4)c3c2)cc1. The van der Waals surface area contributed by atoms with E-state index in [-0.39, 0.29) is 5.82 Å². The summed E-state index contributed by atoms with van der Waals surface area (Å²) in [6.07, 6.45) is 6.56. The molecule has 4 heterocycles. The number of H-pyrrole nitrogens is 2. The smallest absolute Gasteiger partial charge is 0.159 e. The number of halogens is 1. The van der Waals surface area contributed by atoms with Crippen molar-refractivity contribution in [3.8, 4) is 23.0 Å². The van der Waals surface area contributed by atoms with Gasteiger partial charge in [0, 0.05) is 30.2 Å². The molecular weight excluding hydrogens is 479 g/mol. The summed E-state index contributed by atoms with van der Waals surface area (Å²) in [5.74, 6) is 1.65. The standard InChI is InChI=1S/C30H31FN6O/c31-20-4-7-23(8-5-20)38-24-9-11-26-25(19-24)29(35-34-26)30-32-27-10-6-22(18-28(27)33-30)37-16-12-21(13-17-37)36-14-2-1-3-15-36/h4-11,18-19,21H,1-3,12-17H2,(H,32,33)(H,34,35). The monoisotopic (exact) mass is 510 g/mol. The molecule has 0 spiro atoms. The molecule has 2 aliphatic rings. The molecule has 38 heavy (non-hydrogen) atoms. The minimum absolute atomic E-state index is 0.292. The van der Waals surface area contributed by atoms with Gasteiger partial charge in [-0.05, 0) is 99.4 Å². The first-order chi connectivity index (χ1) is 18.7. The highest BCUT2D eigenvalue weighted by Gasteiger charge is 2.26. The molecule has 0 atom stereocenters. The Hall–Kier alpha value is -3.91. The Bertz CT molecular complexity index is 1560. The van der Waals surface area contributed by atoms with Gasteiger partial charge < -0.3 is 19.5 Å². The van der Waals surface area contributed by atoms with Crippen LogP contribution in [-0.2, 0) is 0 Å². The van der Waals surface area contributed by atoms with Crippen LogP contribution in [-0.4, -0.2) is 57.3 Å². The molecule has 7 rings (SSSR count). The first-order valence-corrected chi connectivity index (χ1v) is 13.6. The second kappa shape index (κ2) is 9.76. The molecule has 0 aliphatic carbocycles. The van der Waals surface area contributed by atoms with Crippen molar-refractivity contribution in [2.45, 2.75) is 38.1 Å². The van der Waals surface area contributed by atoms with Crippen LogP contribution in [0.5, 0.6) is 11.5 Å². The van der Waals surface area contributed by atoms with Crippen LogP contribution < -0.4 is 9.64 Å². The second-order valence-electron chi connectivity index (χ2n) is 10.4. The summed E-state index contributed by atoms with van der Waals surface area (Å²) in [6, 6.07) is 19.0. The highest BCUT2D eigenvalue weighted by molar-refractivity contribution is 5.94. The predicted octanol–water partition coefficient (Wildman–Crippen LogP) is 6.49. The van der Waals surface area contributed by atoms with E-state index >= 15 is 0 Å². The maximum absolute atomic E-state index is 13.3. The molecule has 2 saturated heterocycles. The van der Waals surface area contributed by atoms with Crippen molar-refractivity contribution in [2.75, 3.05) is 31.1 Å². The van der Waals surface area contributed by atoms with Crippen LogP contribution in [0.3, 0.4) is 0 Å². The fourth-order valence-corrected chi connectivity index (χ4v) is 5.96. The van der Waals surface area contributed by atoms with Gasteiger partial charge in [0.1, 0.15) is 23.0 Å². The minimum Gasteiger partial charge on any atom is -0.457 e. The van der Waals surface area contributed by atoms with Crippen molar-refractivity contribution in [1.82, 2.24) is 25.1 Å². The lowest BCUT2D eigenvalue weighted by Gasteiger charge is -2.41. The van der Waals surface area contributed by atoms with Gasteiger partial charge in [0.25, 0.3) is 0 Å². The van der Waals surface area contributed by atoms with E-state index in [9.17, 15) is 4.39 Å². The fourth-order valence-electron chi connectivity index (χ4n) is 5.96. The number of ether oxygens (including phenoxy) is 1. The topological polar surface area (TPSA) is 73.1 Å². The van der Waals surface area contributed by atoms with Crippen LogP contribution >= 0.6 is 0 Å². The molecule has 0 bridgehead atoms. The van der Waals surface area contributed by atoms with Crippen molar-refractivity contribution in [3.63, 3.8) is 0 Å². The average Bonchev–Trinajstić information content (AvgIpc) is 3.58. The molecule has 2 N–H and O–H groups in total. The summed E-state index contributed by atoms with van der Waals surface area (Å²) in [5, 5.41) is 8.55. The van der Waals surface area contributed by atoms with Crippen molar-refractivity contribution in [1.29, 1.82) is 0 Å². The van der Waals surface area contributed by atoms with E-state index < -0.39 is 0 Å². The second-order valence-corrected chi connectivity index (χ2v) is 10.4. The van der Waals surface area contributed by atoms with Crippen LogP contribution in [0.1, 0.15) is 32.1 Å². The maximum Gasteiger partial charge on any atom is 0.159 e. The first kappa shape index (κ1) is 23.2. The van der Waals surface area contributed by atoms with Crippen LogP contribution in [0.15, 0.2) is 60.7 Å². The lowest BCUT2D eigenvalue weighted by Crippen LogP contribution is -2.46. The van der Waals surface area contributed by atoms with E-state index in [0.717, 1.165) is 46.8 Å². The molecule has 194 valence electrons. The molecular formula is C30H31FN6O. The Kier molecular flexibility index (Phi) is 5.96. The Labute approximate surface area is 220 Å². The molecule has 2 fully saturated rings. The van der Waals surface area contributed by atoms with Gasteiger partial charge in [-0.15, -0.1) is 0 Å². The van der Waals surface area contributed by atoms with Crippen molar-refractivity contribution >= 4 is 27.6 Å². The molecule has 3 aromatic carbocycles. The predicted molar refractivity (Wildman–Crippen MR) is 148 cm³/mol. The number of anilines is 1. The van der Waals surface area contributed by atoms with Gasteiger partial charge in [-0.25, -0.2) is 9.37 Å². The summed E-state index contributed by atoms with van der Waals surface area (Å²) >= 11 is 0. The zero-order valence-electron chi connectivity index (χ0n) is 21.3. The van der Waals surface area contributed by atoms with Gasteiger partial charge in [-0.3, -0.25) is 5.10 Å². The lowest BCUT2D eigenvalue weighted by molar-refractivity contribution is 0.141. The van der Waals surface area contributed by atoms with Gasteiger partial charge in [0.15, 0.2) is 5.82 Å². The largest absolute Gasteiger partial charge is 0.457 e. The summed E-state index contributed by atoms with van der Waals surface area (Å²) in [7, 11) is 0. The van der Waals surface area contributed by atoms with E-state index in [1.165, 1.54) is 63.0 Å². The molecule has 2 aromatic heterocycles. The van der Waals surface area contributed by atoms with E-state index in [2.05, 4.69) is 43.2 Å². The number of hydrogen-bond acceptors (Lipinski definition) is 5. The number of nitrogens with zero attached hydrogens (tertiary/aromatic N) is 4. The number of piperidine rings is 2. The number of rotatable bonds is 5. The van der Waals surface area contributed by atoms with E-state index in [1.807, 2.05) is 18.2 Å². The number of likely N-dealkylation sites (tertiary alicyclic amines) is 1. The van der Waals surface area contributed by atoms with E-state index in [0.29, 0.717) is 17.3 Å². The third-order valence-electron chi connectivity index (χ3n) is 8.01. The summed E-state index contributed by atoms with van der Waals surface area (Å²) < 4.78 is 19.2. The van der Waals surface area contributed by atoms with Gasteiger partial charge >= 0.3 is 0 Å². The molecule has 0 saturated carbocycles. The van der Waals surface area contributed by atoms with Crippen LogP contribution in [0.25, 0.3) is 33.5 Å². The van der Waals surface area contributed by atoms with E-state index in [1.54, 1.807) is 12.1 Å². The zero-order valence-corrected chi connectivity index (χ0v) is 21.3. The third kappa shape index (κ3) is 4.49. The number of hydrogen-bond donors (Lipinski definition) is 2. The number of aromatic amines is 2. The fraction of sp³-hybridized carbons (Fsp3) is 0.333. The maximum atomic E-state index is 13.3.